The predicted octanol–water partition coefficient (Wildman–Crippen LogP) is 2.52. The molecule has 0 fully saturated rings. The van der Waals surface area contributed by atoms with Gasteiger partial charge in [-0.25, -0.2) is 4.98 Å². The normalized spacial score (nSPS) is 14.3. The summed E-state index contributed by atoms with van der Waals surface area (Å²) < 4.78 is 2.90. The van der Waals surface area contributed by atoms with Crippen molar-refractivity contribution in [1.29, 1.82) is 0 Å². The second-order valence-corrected chi connectivity index (χ2v) is 6.68. The molecular weight excluding hydrogens is 324 g/mol. The lowest BCUT2D eigenvalue weighted by Crippen LogP contribution is -2.20. The Hall–Kier alpha value is -2.67. The minimum atomic E-state index is -0.184. The molecule has 7 heteroatoms. The standard InChI is InChI=1S/C17H16N4O2S/c1-10-15-12(8-14(22)20(10)2)19-21(16(15)23)17-18-13(9-24-17)11-6-4-3-5-7-11/h3-4,6,8-9,19H,5,7H2,1-2H3. The third kappa shape index (κ3) is 2.20. The van der Waals surface area contributed by atoms with Crippen molar-refractivity contribution in [2.45, 2.75) is 19.8 Å². The Morgan fingerprint density at radius 3 is 2.92 bits per heavy atom. The van der Waals surface area contributed by atoms with Crippen LogP contribution in [0.2, 0.25) is 0 Å². The Balaban J connectivity index is 1.87. The number of pyridine rings is 1. The summed E-state index contributed by atoms with van der Waals surface area (Å²) in [6.07, 6.45) is 8.18. The van der Waals surface area contributed by atoms with Gasteiger partial charge in [0.05, 0.1) is 16.6 Å². The zero-order chi connectivity index (χ0) is 16.8. The Kier molecular flexibility index (Phi) is 3.38. The summed E-state index contributed by atoms with van der Waals surface area (Å²) in [5.41, 5.74) is 2.93. The van der Waals surface area contributed by atoms with Gasteiger partial charge in [-0.05, 0) is 25.3 Å². The van der Waals surface area contributed by atoms with Gasteiger partial charge in [0.25, 0.3) is 11.1 Å². The van der Waals surface area contributed by atoms with Crippen LogP contribution >= 0.6 is 11.3 Å². The maximum atomic E-state index is 12.8. The number of aromatic amines is 1. The topological polar surface area (TPSA) is 72.7 Å². The molecule has 0 unspecified atom stereocenters. The average Bonchev–Trinajstić information content (AvgIpc) is 3.19. The van der Waals surface area contributed by atoms with E-state index < -0.39 is 0 Å². The number of hydrogen-bond donors (Lipinski definition) is 1. The maximum absolute atomic E-state index is 12.8. The first kappa shape index (κ1) is 14.9. The highest BCUT2D eigenvalue weighted by Gasteiger charge is 2.16. The van der Waals surface area contributed by atoms with Crippen molar-refractivity contribution < 1.29 is 0 Å². The molecule has 3 aromatic rings. The molecule has 1 N–H and O–H groups in total. The molecule has 0 aliphatic heterocycles. The van der Waals surface area contributed by atoms with Gasteiger partial charge in [-0.2, -0.15) is 4.68 Å². The first-order valence-corrected chi connectivity index (χ1v) is 8.57. The third-order valence-corrected chi connectivity index (χ3v) is 5.23. The summed E-state index contributed by atoms with van der Waals surface area (Å²) in [4.78, 5) is 29.3. The second-order valence-electron chi connectivity index (χ2n) is 5.84. The summed E-state index contributed by atoms with van der Waals surface area (Å²) in [5.74, 6) is 0. The zero-order valence-corrected chi connectivity index (χ0v) is 14.2. The van der Waals surface area contributed by atoms with E-state index in [-0.39, 0.29) is 11.1 Å². The van der Waals surface area contributed by atoms with Crippen LogP contribution in [0.3, 0.4) is 0 Å². The fourth-order valence-electron chi connectivity index (χ4n) is 2.93. The highest BCUT2D eigenvalue weighted by atomic mass is 32.1. The average molecular weight is 340 g/mol. The first-order valence-electron chi connectivity index (χ1n) is 7.69. The Morgan fingerprint density at radius 2 is 2.17 bits per heavy atom. The van der Waals surface area contributed by atoms with Crippen molar-refractivity contribution in [2.75, 3.05) is 0 Å². The summed E-state index contributed by atoms with van der Waals surface area (Å²) in [6, 6.07) is 1.45. The van der Waals surface area contributed by atoms with E-state index in [0.717, 1.165) is 18.5 Å². The van der Waals surface area contributed by atoms with Gasteiger partial charge in [0.1, 0.15) is 0 Å². The first-order chi connectivity index (χ1) is 11.6. The van der Waals surface area contributed by atoms with E-state index in [2.05, 4.69) is 22.2 Å². The number of nitrogens with one attached hydrogen (secondary N) is 1. The van der Waals surface area contributed by atoms with Gasteiger partial charge in [0, 0.05) is 24.2 Å². The number of hydrogen-bond acceptors (Lipinski definition) is 4. The molecule has 0 radical (unpaired) electrons. The van der Waals surface area contributed by atoms with Gasteiger partial charge >= 0.3 is 0 Å². The summed E-state index contributed by atoms with van der Waals surface area (Å²) >= 11 is 1.41. The van der Waals surface area contributed by atoms with Crippen LogP contribution in [0.4, 0.5) is 0 Å². The quantitative estimate of drug-likeness (QED) is 0.779. The molecule has 1 aliphatic carbocycles. The highest BCUT2D eigenvalue weighted by molar-refractivity contribution is 7.12. The van der Waals surface area contributed by atoms with E-state index in [1.165, 1.54) is 32.2 Å². The fraction of sp³-hybridized carbons (Fsp3) is 0.235. The maximum Gasteiger partial charge on any atom is 0.282 e. The lowest BCUT2D eigenvalue weighted by Gasteiger charge is -2.04. The number of fused-ring (bicyclic) bond motifs is 1. The van der Waals surface area contributed by atoms with Crippen LogP contribution in [0.15, 0.2) is 39.3 Å². The van der Waals surface area contributed by atoms with Crippen LogP contribution in [0.1, 0.15) is 24.2 Å². The molecule has 0 aromatic carbocycles. The monoisotopic (exact) mass is 340 g/mol. The molecule has 3 heterocycles. The smallest absolute Gasteiger partial charge is 0.282 e. The molecule has 0 amide bonds. The van der Waals surface area contributed by atoms with Crippen LogP contribution in [0, 0.1) is 6.92 Å². The summed E-state index contributed by atoms with van der Waals surface area (Å²) in [7, 11) is 1.67. The molecule has 0 saturated carbocycles. The fourth-order valence-corrected chi connectivity index (χ4v) is 3.73. The molecule has 1 aliphatic rings. The van der Waals surface area contributed by atoms with E-state index in [4.69, 9.17) is 0 Å². The van der Waals surface area contributed by atoms with Crippen molar-refractivity contribution in [3.8, 4) is 5.13 Å². The van der Waals surface area contributed by atoms with Crippen LogP contribution in [-0.2, 0) is 7.05 Å². The lowest BCUT2D eigenvalue weighted by atomic mass is 10.0. The number of allylic oxidation sites excluding steroid dienone is 4. The Morgan fingerprint density at radius 1 is 1.33 bits per heavy atom. The number of rotatable bonds is 2. The number of aromatic nitrogens is 4. The van der Waals surface area contributed by atoms with E-state index in [1.54, 1.807) is 14.0 Å². The van der Waals surface area contributed by atoms with Crippen LogP contribution in [-0.4, -0.2) is 19.3 Å². The number of H-pyrrole nitrogens is 1. The minimum absolute atomic E-state index is 0.146. The van der Waals surface area contributed by atoms with E-state index in [0.29, 0.717) is 21.7 Å². The summed E-state index contributed by atoms with van der Waals surface area (Å²) in [5, 5.41) is 6.07. The van der Waals surface area contributed by atoms with Gasteiger partial charge in [0.15, 0.2) is 0 Å². The van der Waals surface area contributed by atoms with E-state index in [9.17, 15) is 9.59 Å². The molecule has 6 nitrogen and oxygen atoms in total. The number of nitrogens with zero attached hydrogens (tertiary/aromatic N) is 3. The van der Waals surface area contributed by atoms with Gasteiger partial charge in [-0.15, -0.1) is 11.3 Å². The summed E-state index contributed by atoms with van der Waals surface area (Å²) in [6.45, 7) is 1.77. The molecule has 4 rings (SSSR count). The van der Waals surface area contributed by atoms with Gasteiger partial charge in [0.2, 0.25) is 5.13 Å². The molecule has 122 valence electrons. The van der Waals surface area contributed by atoms with Crippen molar-refractivity contribution in [2.24, 2.45) is 7.05 Å². The molecule has 0 atom stereocenters. The number of aryl methyl sites for hydroxylation is 1. The Bertz CT molecular complexity index is 1120. The van der Waals surface area contributed by atoms with Crippen LogP contribution in [0.5, 0.6) is 0 Å². The number of thiazole rings is 1. The minimum Gasteiger partial charge on any atom is -0.315 e. The SMILES string of the molecule is Cc1c2c(=O)n(-c3nc(C4=CC=CCC4)cs3)[nH]c2cc(=O)n1C. The van der Waals surface area contributed by atoms with Gasteiger partial charge in [-0.3, -0.25) is 14.7 Å². The van der Waals surface area contributed by atoms with Crippen LogP contribution < -0.4 is 11.1 Å². The largest absolute Gasteiger partial charge is 0.315 e. The molecular formula is C17H16N4O2S. The van der Waals surface area contributed by atoms with E-state index in [1.807, 2.05) is 11.5 Å². The third-order valence-electron chi connectivity index (χ3n) is 4.41. The lowest BCUT2D eigenvalue weighted by molar-refractivity contribution is 0.830. The Labute approximate surface area is 141 Å². The zero-order valence-electron chi connectivity index (χ0n) is 13.4. The molecule has 0 saturated heterocycles. The van der Waals surface area contributed by atoms with Crippen molar-refractivity contribution >= 4 is 27.8 Å². The molecule has 0 bridgehead atoms. The van der Waals surface area contributed by atoms with Crippen molar-refractivity contribution in [3.05, 3.63) is 61.8 Å². The van der Waals surface area contributed by atoms with Crippen LogP contribution in [0.25, 0.3) is 21.6 Å². The molecule has 0 spiro atoms. The van der Waals surface area contributed by atoms with E-state index >= 15 is 0 Å². The van der Waals surface area contributed by atoms with Gasteiger partial charge < -0.3 is 4.57 Å². The van der Waals surface area contributed by atoms with Crippen molar-refractivity contribution in [3.63, 3.8) is 0 Å². The van der Waals surface area contributed by atoms with Crippen molar-refractivity contribution in [1.82, 2.24) is 19.3 Å². The highest BCUT2D eigenvalue weighted by Crippen LogP contribution is 2.26. The second kappa shape index (κ2) is 5.45. The molecule has 3 aromatic heterocycles. The molecule has 24 heavy (non-hydrogen) atoms. The predicted molar refractivity (Wildman–Crippen MR) is 95.9 cm³/mol. The van der Waals surface area contributed by atoms with Gasteiger partial charge in [-0.1, -0.05) is 18.2 Å².